The van der Waals surface area contributed by atoms with Gasteiger partial charge in [0.25, 0.3) is 0 Å². The van der Waals surface area contributed by atoms with Crippen molar-refractivity contribution in [1.82, 2.24) is 10.3 Å². The van der Waals surface area contributed by atoms with Crippen molar-refractivity contribution in [3.8, 4) is 0 Å². The van der Waals surface area contributed by atoms with E-state index in [1.807, 2.05) is 18.2 Å². The summed E-state index contributed by atoms with van der Waals surface area (Å²) in [5.41, 5.74) is 4.46. The second-order valence-electron chi connectivity index (χ2n) is 5.68. The van der Waals surface area contributed by atoms with Crippen molar-refractivity contribution in [2.24, 2.45) is 17.7 Å². The number of hydrogen-bond donors (Lipinski definition) is 2. The van der Waals surface area contributed by atoms with Gasteiger partial charge in [0.2, 0.25) is 5.91 Å². The van der Waals surface area contributed by atoms with Gasteiger partial charge in [-0.05, 0) is 36.4 Å². The molecule has 1 aliphatic rings. The molecule has 2 unspecified atom stereocenters. The Morgan fingerprint density at radius 1 is 1.42 bits per heavy atom. The summed E-state index contributed by atoms with van der Waals surface area (Å²) in [6.45, 7) is 4.33. The summed E-state index contributed by atoms with van der Waals surface area (Å²) in [6, 6.07) is 8.07. The molecule has 1 aromatic carbocycles. The summed E-state index contributed by atoms with van der Waals surface area (Å²) < 4.78 is 0. The van der Waals surface area contributed by atoms with Gasteiger partial charge in [-0.1, -0.05) is 31.2 Å². The molecule has 4 heteroatoms. The lowest BCUT2D eigenvalue weighted by Gasteiger charge is -2.18. The topological polar surface area (TPSA) is 58.4 Å². The van der Waals surface area contributed by atoms with Crippen LogP contribution in [0.4, 0.5) is 0 Å². The second-order valence-corrected chi connectivity index (χ2v) is 5.68. The smallest absolute Gasteiger partial charge is 0.238 e. The molecule has 0 spiro atoms. The van der Waals surface area contributed by atoms with Gasteiger partial charge in [0.05, 0.1) is 6.42 Å². The van der Waals surface area contributed by atoms with E-state index in [9.17, 15) is 4.79 Å². The summed E-state index contributed by atoms with van der Waals surface area (Å²) in [5, 5.41) is 0. The number of benzene rings is 1. The number of hydrogen-bond acceptors (Lipinski definition) is 3. The quantitative estimate of drug-likeness (QED) is 0.461. The highest BCUT2D eigenvalue weighted by molar-refractivity contribution is 5.78. The summed E-state index contributed by atoms with van der Waals surface area (Å²) >= 11 is 0. The molecule has 0 saturated heterocycles. The van der Waals surface area contributed by atoms with Gasteiger partial charge in [-0.15, -0.1) is 0 Å². The summed E-state index contributed by atoms with van der Waals surface area (Å²) in [6.07, 6.45) is 1.70. The zero-order chi connectivity index (χ0) is 13.8. The average Bonchev–Trinajstić information content (AvgIpc) is 3.07. The van der Waals surface area contributed by atoms with Gasteiger partial charge in [0.1, 0.15) is 0 Å². The van der Waals surface area contributed by atoms with Crippen LogP contribution in [0.25, 0.3) is 0 Å². The Balaban J connectivity index is 1.96. The zero-order valence-corrected chi connectivity index (χ0v) is 11.7. The van der Waals surface area contributed by atoms with E-state index < -0.39 is 0 Å². The van der Waals surface area contributed by atoms with Gasteiger partial charge in [-0.25, -0.2) is 5.84 Å². The molecule has 2 atom stereocenters. The molecule has 0 aliphatic heterocycles. The van der Waals surface area contributed by atoms with E-state index in [2.05, 4.69) is 30.4 Å². The van der Waals surface area contributed by atoms with Crippen LogP contribution in [0, 0.1) is 11.8 Å². The molecule has 4 nitrogen and oxygen atoms in total. The monoisotopic (exact) mass is 261 g/mol. The van der Waals surface area contributed by atoms with Crippen LogP contribution < -0.4 is 11.3 Å². The third kappa shape index (κ3) is 4.04. The number of carbonyl (C=O) groups is 1. The molecule has 0 aromatic heterocycles. The Labute approximate surface area is 114 Å². The van der Waals surface area contributed by atoms with Crippen LogP contribution >= 0.6 is 0 Å². The first-order valence-electron chi connectivity index (χ1n) is 6.85. The first-order valence-corrected chi connectivity index (χ1v) is 6.85. The maximum absolute atomic E-state index is 11.4. The molecule has 1 aliphatic carbocycles. The van der Waals surface area contributed by atoms with Crippen LogP contribution in [0.3, 0.4) is 0 Å². The highest BCUT2D eigenvalue weighted by Crippen LogP contribution is 2.38. The van der Waals surface area contributed by atoms with Crippen molar-refractivity contribution >= 4 is 5.91 Å². The number of nitrogens with two attached hydrogens (primary N) is 1. The maximum atomic E-state index is 11.4. The Bertz CT molecular complexity index is 447. The highest BCUT2D eigenvalue weighted by Gasteiger charge is 2.33. The van der Waals surface area contributed by atoms with E-state index in [-0.39, 0.29) is 5.91 Å². The van der Waals surface area contributed by atoms with Gasteiger partial charge < -0.3 is 4.90 Å². The van der Waals surface area contributed by atoms with Crippen LogP contribution in [-0.4, -0.2) is 24.4 Å². The molecule has 1 fully saturated rings. The zero-order valence-electron chi connectivity index (χ0n) is 11.7. The third-order valence-electron chi connectivity index (χ3n) is 3.89. The third-order valence-corrected chi connectivity index (χ3v) is 3.89. The highest BCUT2D eigenvalue weighted by atomic mass is 16.2. The van der Waals surface area contributed by atoms with Crippen LogP contribution in [0.1, 0.15) is 24.5 Å². The minimum absolute atomic E-state index is 0.147. The standard InChI is InChI=1S/C15H23N3O/c1-11-7-14(11)10-18(2)9-13-6-4-3-5-12(13)8-15(19)17-16/h3-6,11,14H,7-10,16H2,1-2H3,(H,17,19). The molecule has 0 radical (unpaired) electrons. The van der Waals surface area contributed by atoms with Gasteiger partial charge in [0.15, 0.2) is 0 Å². The molecular formula is C15H23N3O. The Morgan fingerprint density at radius 3 is 2.63 bits per heavy atom. The molecule has 3 N–H and O–H groups in total. The Kier molecular flexibility index (Phi) is 4.56. The molecule has 19 heavy (non-hydrogen) atoms. The number of nitrogens with zero attached hydrogens (tertiary/aromatic N) is 1. The molecule has 0 bridgehead atoms. The lowest BCUT2D eigenvalue weighted by atomic mass is 10.0. The molecule has 1 aromatic rings. The fourth-order valence-electron chi connectivity index (χ4n) is 2.52. The minimum atomic E-state index is -0.147. The first kappa shape index (κ1) is 14.0. The van der Waals surface area contributed by atoms with E-state index in [1.165, 1.54) is 12.0 Å². The lowest BCUT2D eigenvalue weighted by molar-refractivity contribution is -0.120. The molecule has 2 rings (SSSR count). The van der Waals surface area contributed by atoms with E-state index in [4.69, 9.17) is 5.84 Å². The van der Waals surface area contributed by atoms with Crippen LogP contribution in [0.5, 0.6) is 0 Å². The average molecular weight is 261 g/mol. The van der Waals surface area contributed by atoms with Crippen molar-refractivity contribution in [1.29, 1.82) is 0 Å². The molecule has 1 amide bonds. The Morgan fingerprint density at radius 2 is 2.05 bits per heavy atom. The first-order chi connectivity index (χ1) is 9.10. The predicted molar refractivity (Wildman–Crippen MR) is 76.1 cm³/mol. The molecular weight excluding hydrogens is 238 g/mol. The van der Waals surface area contributed by atoms with Crippen molar-refractivity contribution in [2.45, 2.75) is 26.3 Å². The molecule has 104 valence electrons. The maximum Gasteiger partial charge on any atom is 0.238 e. The fraction of sp³-hybridized carbons (Fsp3) is 0.533. The van der Waals surface area contributed by atoms with Gasteiger partial charge in [0, 0.05) is 13.1 Å². The summed E-state index contributed by atoms with van der Waals surface area (Å²) in [5.74, 6) is 6.73. The SMILES string of the molecule is CC1CC1CN(C)Cc1ccccc1CC(=O)NN. The van der Waals surface area contributed by atoms with Gasteiger partial charge in [-0.2, -0.15) is 0 Å². The summed E-state index contributed by atoms with van der Waals surface area (Å²) in [4.78, 5) is 13.7. The Hall–Kier alpha value is -1.39. The van der Waals surface area contributed by atoms with Crippen molar-refractivity contribution in [3.05, 3.63) is 35.4 Å². The number of hydrazine groups is 1. The van der Waals surface area contributed by atoms with Crippen molar-refractivity contribution < 1.29 is 4.79 Å². The summed E-state index contributed by atoms with van der Waals surface area (Å²) in [7, 11) is 2.14. The molecule has 1 saturated carbocycles. The molecule has 0 heterocycles. The normalized spacial score (nSPS) is 21.5. The van der Waals surface area contributed by atoms with E-state index in [1.54, 1.807) is 0 Å². The number of nitrogens with one attached hydrogen (secondary N) is 1. The van der Waals surface area contributed by atoms with Crippen molar-refractivity contribution in [2.75, 3.05) is 13.6 Å². The largest absolute Gasteiger partial charge is 0.302 e. The van der Waals surface area contributed by atoms with E-state index in [0.29, 0.717) is 6.42 Å². The fourth-order valence-corrected chi connectivity index (χ4v) is 2.52. The predicted octanol–water partition coefficient (Wildman–Crippen LogP) is 1.31. The minimum Gasteiger partial charge on any atom is -0.302 e. The van der Waals surface area contributed by atoms with Crippen LogP contribution in [0.2, 0.25) is 0 Å². The number of carbonyl (C=O) groups excluding carboxylic acids is 1. The van der Waals surface area contributed by atoms with Gasteiger partial charge in [-0.3, -0.25) is 10.2 Å². The van der Waals surface area contributed by atoms with Crippen LogP contribution in [0.15, 0.2) is 24.3 Å². The van der Waals surface area contributed by atoms with E-state index >= 15 is 0 Å². The van der Waals surface area contributed by atoms with Crippen LogP contribution in [-0.2, 0) is 17.8 Å². The second kappa shape index (κ2) is 6.17. The van der Waals surface area contributed by atoms with Gasteiger partial charge >= 0.3 is 0 Å². The number of amides is 1. The van der Waals surface area contributed by atoms with Crippen molar-refractivity contribution in [3.63, 3.8) is 0 Å². The number of rotatable bonds is 6. The lowest BCUT2D eigenvalue weighted by Crippen LogP contribution is -2.32. The van der Waals surface area contributed by atoms with E-state index in [0.717, 1.165) is 30.5 Å².